The van der Waals surface area contributed by atoms with Crippen LogP contribution in [0.2, 0.25) is 0 Å². The van der Waals surface area contributed by atoms with Crippen molar-refractivity contribution < 1.29 is 4.74 Å². The molecule has 0 atom stereocenters. The molecule has 0 unspecified atom stereocenters. The van der Waals surface area contributed by atoms with Gasteiger partial charge in [-0.05, 0) is 24.5 Å². The second kappa shape index (κ2) is 4.87. The number of para-hydroxylation sites is 1. The van der Waals surface area contributed by atoms with Crippen LogP contribution in [0.1, 0.15) is 23.2 Å². The molecule has 1 aromatic carbocycles. The van der Waals surface area contributed by atoms with Crippen LogP contribution in [-0.2, 0) is 19.4 Å². The van der Waals surface area contributed by atoms with Gasteiger partial charge >= 0.3 is 0 Å². The van der Waals surface area contributed by atoms with Crippen LogP contribution >= 0.6 is 0 Å². The fraction of sp³-hybridized carbons (Fsp3) is 0.375. The Morgan fingerprint density at radius 2 is 2.15 bits per heavy atom. The fourth-order valence-corrected chi connectivity index (χ4v) is 3.08. The summed E-state index contributed by atoms with van der Waals surface area (Å²) in [4.78, 5) is 8.96. The van der Waals surface area contributed by atoms with Gasteiger partial charge in [-0.1, -0.05) is 12.1 Å². The molecule has 20 heavy (non-hydrogen) atoms. The molecule has 0 aliphatic carbocycles. The lowest BCUT2D eigenvalue weighted by molar-refractivity contribution is 0.289. The maximum Gasteiger partial charge on any atom is 0.131 e. The van der Waals surface area contributed by atoms with Gasteiger partial charge in [0.2, 0.25) is 0 Å². The Hall–Kier alpha value is -1.94. The SMILES string of the molecule is c1cc2c(c(-c3ncnc4c3CNCC4)c1)OCCC2. The molecule has 1 N–H and O–H groups in total. The summed E-state index contributed by atoms with van der Waals surface area (Å²) in [6.45, 7) is 2.64. The molecule has 0 radical (unpaired) electrons. The average Bonchev–Trinajstić information content (AvgIpc) is 2.54. The first-order valence-corrected chi connectivity index (χ1v) is 7.22. The lowest BCUT2D eigenvalue weighted by atomic mass is 9.96. The number of hydrogen-bond acceptors (Lipinski definition) is 4. The first-order chi connectivity index (χ1) is 9.93. The highest BCUT2D eigenvalue weighted by atomic mass is 16.5. The van der Waals surface area contributed by atoms with Crippen molar-refractivity contribution in [2.45, 2.75) is 25.8 Å². The normalized spacial score (nSPS) is 17.0. The molecular weight excluding hydrogens is 250 g/mol. The summed E-state index contributed by atoms with van der Waals surface area (Å²) in [5, 5.41) is 3.41. The van der Waals surface area contributed by atoms with E-state index in [1.807, 2.05) is 0 Å². The van der Waals surface area contributed by atoms with Gasteiger partial charge in [-0.25, -0.2) is 9.97 Å². The number of aromatic nitrogens is 2. The van der Waals surface area contributed by atoms with Crippen LogP contribution in [0.4, 0.5) is 0 Å². The Labute approximate surface area is 118 Å². The Kier molecular flexibility index (Phi) is 2.89. The molecule has 4 rings (SSSR count). The van der Waals surface area contributed by atoms with E-state index >= 15 is 0 Å². The van der Waals surface area contributed by atoms with Crippen molar-refractivity contribution in [3.05, 3.63) is 41.3 Å². The maximum atomic E-state index is 5.92. The molecule has 4 heteroatoms. The third-order valence-corrected chi connectivity index (χ3v) is 4.06. The number of benzene rings is 1. The molecule has 4 nitrogen and oxygen atoms in total. The molecule has 1 aromatic heterocycles. The van der Waals surface area contributed by atoms with Crippen LogP contribution in [0, 0.1) is 0 Å². The second-order valence-corrected chi connectivity index (χ2v) is 5.32. The van der Waals surface area contributed by atoms with Crippen molar-refractivity contribution in [1.29, 1.82) is 0 Å². The van der Waals surface area contributed by atoms with Gasteiger partial charge in [0, 0.05) is 30.6 Å². The van der Waals surface area contributed by atoms with Crippen LogP contribution in [0.15, 0.2) is 24.5 Å². The number of rotatable bonds is 1. The molecule has 2 aliphatic rings. The Morgan fingerprint density at radius 3 is 3.15 bits per heavy atom. The van der Waals surface area contributed by atoms with Crippen LogP contribution in [0.3, 0.4) is 0 Å². The van der Waals surface area contributed by atoms with Gasteiger partial charge in [0.1, 0.15) is 12.1 Å². The first-order valence-electron chi connectivity index (χ1n) is 7.22. The largest absolute Gasteiger partial charge is 0.493 e. The zero-order valence-electron chi connectivity index (χ0n) is 11.4. The third-order valence-electron chi connectivity index (χ3n) is 4.06. The Balaban J connectivity index is 1.90. The molecule has 0 fully saturated rings. The standard InChI is InChI=1S/C16H17N3O/c1-3-11-4-2-8-20-16(11)12(5-1)15-13-9-17-7-6-14(13)18-10-19-15/h1,3,5,10,17H,2,4,6-9H2. The number of hydrogen-bond donors (Lipinski definition) is 1. The Morgan fingerprint density at radius 1 is 1.15 bits per heavy atom. The van der Waals surface area contributed by atoms with Crippen molar-refractivity contribution in [2.24, 2.45) is 0 Å². The lowest BCUT2D eigenvalue weighted by Gasteiger charge is -2.23. The number of nitrogens with zero attached hydrogens (tertiary/aromatic N) is 2. The zero-order chi connectivity index (χ0) is 13.4. The van der Waals surface area contributed by atoms with Crippen LogP contribution in [-0.4, -0.2) is 23.1 Å². The molecule has 0 bridgehead atoms. The molecule has 3 heterocycles. The van der Waals surface area contributed by atoms with E-state index in [4.69, 9.17) is 4.74 Å². The fourth-order valence-electron chi connectivity index (χ4n) is 3.08. The lowest BCUT2D eigenvalue weighted by Crippen LogP contribution is -2.25. The number of nitrogens with one attached hydrogen (secondary N) is 1. The van der Waals surface area contributed by atoms with Gasteiger partial charge < -0.3 is 10.1 Å². The van der Waals surface area contributed by atoms with Gasteiger partial charge in [0.15, 0.2) is 0 Å². The minimum atomic E-state index is 0.801. The highest BCUT2D eigenvalue weighted by Crippen LogP contribution is 2.37. The highest BCUT2D eigenvalue weighted by Gasteiger charge is 2.21. The molecule has 2 aromatic rings. The van der Waals surface area contributed by atoms with Crippen molar-refractivity contribution in [1.82, 2.24) is 15.3 Å². The van der Waals surface area contributed by atoms with Gasteiger partial charge in [0.25, 0.3) is 0 Å². The van der Waals surface area contributed by atoms with E-state index in [-0.39, 0.29) is 0 Å². The van der Waals surface area contributed by atoms with Gasteiger partial charge in [-0.3, -0.25) is 0 Å². The number of aryl methyl sites for hydroxylation is 1. The van der Waals surface area contributed by atoms with E-state index in [1.165, 1.54) is 16.8 Å². The van der Waals surface area contributed by atoms with E-state index in [2.05, 4.69) is 33.5 Å². The van der Waals surface area contributed by atoms with E-state index in [0.717, 1.165) is 56.0 Å². The van der Waals surface area contributed by atoms with Crippen LogP contribution in [0.5, 0.6) is 5.75 Å². The van der Waals surface area contributed by atoms with Crippen molar-refractivity contribution >= 4 is 0 Å². The second-order valence-electron chi connectivity index (χ2n) is 5.32. The number of ether oxygens (including phenoxy) is 1. The maximum absolute atomic E-state index is 5.92. The van der Waals surface area contributed by atoms with E-state index in [0.29, 0.717) is 0 Å². The first kappa shape index (κ1) is 11.9. The smallest absolute Gasteiger partial charge is 0.131 e. The molecule has 2 aliphatic heterocycles. The Bertz CT molecular complexity index is 597. The summed E-state index contributed by atoms with van der Waals surface area (Å²) >= 11 is 0. The minimum Gasteiger partial charge on any atom is -0.493 e. The van der Waals surface area contributed by atoms with Crippen molar-refractivity contribution in [3.63, 3.8) is 0 Å². The quantitative estimate of drug-likeness (QED) is 0.859. The summed E-state index contributed by atoms with van der Waals surface area (Å²) in [7, 11) is 0. The summed E-state index contributed by atoms with van der Waals surface area (Å²) < 4.78 is 5.92. The summed E-state index contributed by atoms with van der Waals surface area (Å²) in [6.07, 6.45) is 4.84. The molecule has 0 saturated heterocycles. The van der Waals surface area contributed by atoms with E-state index in [1.54, 1.807) is 6.33 Å². The molecular formula is C16H17N3O. The summed E-state index contributed by atoms with van der Waals surface area (Å²) in [6, 6.07) is 6.37. The van der Waals surface area contributed by atoms with Gasteiger partial charge in [-0.2, -0.15) is 0 Å². The van der Waals surface area contributed by atoms with Gasteiger partial charge in [-0.15, -0.1) is 0 Å². The van der Waals surface area contributed by atoms with E-state index in [9.17, 15) is 0 Å². The molecule has 0 saturated carbocycles. The molecule has 102 valence electrons. The van der Waals surface area contributed by atoms with Crippen molar-refractivity contribution in [3.8, 4) is 17.0 Å². The molecule has 0 spiro atoms. The predicted octanol–water partition coefficient (Wildman–Crippen LogP) is 2.11. The van der Waals surface area contributed by atoms with Crippen LogP contribution in [0.25, 0.3) is 11.3 Å². The summed E-state index contributed by atoms with van der Waals surface area (Å²) in [5.41, 5.74) is 5.83. The topological polar surface area (TPSA) is 47.0 Å². The van der Waals surface area contributed by atoms with E-state index < -0.39 is 0 Å². The van der Waals surface area contributed by atoms with Crippen LogP contribution < -0.4 is 10.1 Å². The van der Waals surface area contributed by atoms with Gasteiger partial charge in [0.05, 0.1) is 18.0 Å². The summed E-state index contributed by atoms with van der Waals surface area (Å²) in [5.74, 6) is 1.02. The molecule has 0 amide bonds. The monoisotopic (exact) mass is 267 g/mol. The van der Waals surface area contributed by atoms with Crippen molar-refractivity contribution in [2.75, 3.05) is 13.2 Å². The minimum absolute atomic E-state index is 0.801. The third kappa shape index (κ3) is 1.88. The zero-order valence-corrected chi connectivity index (χ0v) is 11.4. The average molecular weight is 267 g/mol. The predicted molar refractivity (Wildman–Crippen MR) is 76.7 cm³/mol. The number of fused-ring (bicyclic) bond motifs is 2. The highest BCUT2D eigenvalue weighted by molar-refractivity contribution is 5.72.